The number of aromatic nitrogens is 2. The van der Waals surface area contributed by atoms with Crippen LogP contribution < -0.4 is 10.6 Å². The molecule has 2 N–H and O–H groups in total. The van der Waals surface area contributed by atoms with Gasteiger partial charge in [-0.3, -0.25) is 4.79 Å². The van der Waals surface area contributed by atoms with Crippen LogP contribution >= 0.6 is 24.0 Å². The minimum absolute atomic E-state index is 0.0773. The van der Waals surface area contributed by atoms with E-state index in [9.17, 15) is 14.4 Å². The van der Waals surface area contributed by atoms with E-state index in [1.165, 1.54) is 11.8 Å². The first-order valence-electron chi connectivity index (χ1n) is 7.53. The lowest BCUT2D eigenvalue weighted by Crippen LogP contribution is -2.35. The van der Waals surface area contributed by atoms with Gasteiger partial charge in [-0.2, -0.15) is 5.10 Å². The van der Waals surface area contributed by atoms with Gasteiger partial charge in [-0.25, -0.2) is 14.3 Å². The van der Waals surface area contributed by atoms with Crippen LogP contribution in [-0.4, -0.2) is 70.9 Å². The molecule has 1 heterocycles. The van der Waals surface area contributed by atoms with Gasteiger partial charge < -0.3 is 24.8 Å². The van der Waals surface area contributed by atoms with Crippen LogP contribution in [-0.2, 0) is 19.0 Å². The summed E-state index contributed by atoms with van der Waals surface area (Å²) in [6.07, 6.45) is 1.99. The summed E-state index contributed by atoms with van der Waals surface area (Å²) in [4.78, 5) is 34.0. The van der Waals surface area contributed by atoms with Gasteiger partial charge in [0.2, 0.25) is 0 Å². The zero-order chi connectivity index (χ0) is 19.4. The Morgan fingerprint density at radius 2 is 1.85 bits per heavy atom. The van der Waals surface area contributed by atoms with Crippen LogP contribution in [0, 0.1) is 0 Å². The highest BCUT2D eigenvalue weighted by atomic mass is 32.2. The van der Waals surface area contributed by atoms with E-state index in [1.807, 2.05) is 0 Å². The number of rotatable bonds is 8. The summed E-state index contributed by atoms with van der Waals surface area (Å²) in [6.45, 7) is 1.85. The quantitative estimate of drug-likeness (QED) is 0.280. The third-order valence-corrected chi connectivity index (χ3v) is 4.12. The highest BCUT2D eigenvalue weighted by molar-refractivity contribution is 8.23. The molecule has 1 unspecified atom stereocenters. The largest absolute Gasteiger partial charge is 0.461 e. The van der Waals surface area contributed by atoms with Crippen molar-refractivity contribution >= 4 is 46.5 Å². The summed E-state index contributed by atoms with van der Waals surface area (Å²) < 4.78 is 16.1. The van der Waals surface area contributed by atoms with Crippen molar-refractivity contribution in [1.82, 2.24) is 20.4 Å². The van der Waals surface area contributed by atoms with E-state index in [1.54, 1.807) is 25.4 Å². The van der Waals surface area contributed by atoms with Crippen molar-refractivity contribution in [3.8, 4) is 0 Å². The van der Waals surface area contributed by atoms with Crippen molar-refractivity contribution in [1.29, 1.82) is 0 Å². The average Bonchev–Trinajstić information content (AvgIpc) is 3.16. The molecule has 0 radical (unpaired) electrons. The van der Waals surface area contributed by atoms with Crippen molar-refractivity contribution < 1.29 is 28.6 Å². The third kappa shape index (κ3) is 8.67. The maximum absolute atomic E-state index is 11.9. The van der Waals surface area contributed by atoms with E-state index in [4.69, 9.17) is 21.7 Å². The number of thiocarbonyl (C=S) groups is 1. The van der Waals surface area contributed by atoms with E-state index in [2.05, 4.69) is 20.5 Å². The van der Waals surface area contributed by atoms with Crippen molar-refractivity contribution in [3.63, 3.8) is 0 Å². The van der Waals surface area contributed by atoms with Gasteiger partial charge in [-0.05, 0) is 13.0 Å². The monoisotopic (exact) mass is 404 g/mol. The van der Waals surface area contributed by atoms with Crippen LogP contribution in [0.3, 0.4) is 0 Å². The van der Waals surface area contributed by atoms with Gasteiger partial charge in [0.15, 0.2) is 4.32 Å². The first-order chi connectivity index (χ1) is 12.4. The second kappa shape index (κ2) is 12.1. The summed E-state index contributed by atoms with van der Waals surface area (Å²) in [6, 6.07) is 1.73. The maximum Gasteiger partial charge on any atom is 0.407 e. The molecule has 1 aromatic rings. The zero-order valence-electron chi connectivity index (χ0n) is 14.3. The topological polar surface area (TPSA) is 121 Å². The predicted octanol–water partition coefficient (Wildman–Crippen LogP) is 0.763. The van der Waals surface area contributed by atoms with E-state index >= 15 is 0 Å². The van der Waals surface area contributed by atoms with Crippen LogP contribution in [0.2, 0.25) is 0 Å². The molecule has 10 nitrogen and oxygen atoms in total. The molecule has 0 spiro atoms. The second-order valence-corrected chi connectivity index (χ2v) is 6.60. The fourth-order valence-electron chi connectivity index (χ4n) is 1.48. The summed E-state index contributed by atoms with van der Waals surface area (Å²) in [7, 11) is 1.24. The Bertz CT molecular complexity index is 611. The minimum atomic E-state index is -0.685. The molecule has 0 saturated heterocycles. The molecule has 2 amide bonds. The van der Waals surface area contributed by atoms with Gasteiger partial charge in [0, 0.05) is 25.5 Å². The smallest absolute Gasteiger partial charge is 0.407 e. The van der Waals surface area contributed by atoms with Crippen LogP contribution in [0.1, 0.15) is 6.92 Å². The second-order valence-electron chi connectivity index (χ2n) is 4.63. The van der Waals surface area contributed by atoms with Gasteiger partial charge >= 0.3 is 18.2 Å². The highest BCUT2D eigenvalue weighted by Gasteiger charge is 2.18. The van der Waals surface area contributed by atoms with E-state index in [0.717, 1.165) is 11.8 Å². The molecule has 1 rings (SSSR count). The molecule has 1 aromatic heterocycles. The Hall–Kier alpha value is -2.34. The number of carbonyl (C=O) groups is 3. The lowest BCUT2D eigenvalue weighted by molar-refractivity contribution is -0.143. The SMILES string of the molecule is COC(=O)NCCNC(=O)OCCOC(=O)C(C)SC(=S)n1cccn1. The standard InChI is InChI=1S/C14H20N4O6S2/c1-10(26-14(25)18-7-3-4-17-18)11(19)23-8-9-24-13(21)16-6-5-15-12(20)22-2/h3-4,7,10H,5-6,8-9H2,1-2H3,(H,15,20)(H,16,21). The van der Waals surface area contributed by atoms with E-state index < -0.39 is 23.4 Å². The van der Waals surface area contributed by atoms with E-state index in [-0.39, 0.29) is 26.3 Å². The molecule has 0 aliphatic carbocycles. The van der Waals surface area contributed by atoms with Crippen LogP contribution in [0.4, 0.5) is 9.59 Å². The molecule has 26 heavy (non-hydrogen) atoms. The first-order valence-corrected chi connectivity index (χ1v) is 8.82. The zero-order valence-corrected chi connectivity index (χ0v) is 15.9. The minimum Gasteiger partial charge on any atom is -0.461 e. The Balaban J connectivity index is 2.10. The molecule has 1 atom stereocenters. The van der Waals surface area contributed by atoms with Gasteiger partial charge in [0.1, 0.15) is 18.5 Å². The van der Waals surface area contributed by atoms with Crippen LogP contribution in [0.5, 0.6) is 0 Å². The molecule has 0 aliphatic heterocycles. The molecule has 144 valence electrons. The van der Waals surface area contributed by atoms with Gasteiger partial charge in [-0.15, -0.1) is 0 Å². The fraction of sp³-hybridized carbons (Fsp3) is 0.500. The maximum atomic E-state index is 11.9. The first kappa shape index (κ1) is 21.7. The number of alkyl carbamates (subject to hydrolysis) is 2. The normalized spacial score (nSPS) is 11.2. The highest BCUT2D eigenvalue weighted by Crippen LogP contribution is 2.15. The molecule has 0 aromatic carbocycles. The summed E-state index contributed by atoms with van der Waals surface area (Å²) in [5.74, 6) is -0.476. The van der Waals surface area contributed by atoms with Crippen molar-refractivity contribution in [2.45, 2.75) is 12.2 Å². The van der Waals surface area contributed by atoms with Crippen LogP contribution in [0.25, 0.3) is 0 Å². The number of nitrogens with one attached hydrogen (secondary N) is 2. The lowest BCUT2D eigenvalue weighted by Gasteiger charge is -2.12. The Labute approximate surface area is 159 Å². The van der Waals surface area contributed by atoms with Gasteiger partial charge in [0.05, 0.1) is 7.11 Å². The molecule has 0 saturated carbocycles. The van der Waals surface area contributed by atoms with Crippen LogP contribution in [0.15, 0.2) is 18.5 Å². The Kier molecular flexibility index (Phi) is 10.1. The number of nitrogens with zero attached hydrogens (tertiary/aromatic N) is 2. The summed E-state index contributed by atoms with van der Waals surface area (Å²) in [5.41, 5.74) is 0. The number of methoxy groups -OCH3 is 1. The molecule has 0 fully saturated rings. The van der Waals surface area contributed by atoms with E-state index in [0.29, 0.717) is 4.32 Å². The van der Waals surface area contributed by atoms with Gasteiger partial charge in [0.25, 0.3) is 0 Å². The number of thioether (sulfide) groups is 1. The Morgan fingerprint density at radius 3 is 2.46 bits per heavy atom. The van der Waals surface area contributed by atoms with Crippen molar-refractivity contribution in [2.75, 3.05) is 33.4 Å². The molecule has 12 heteroatoms. The lowest BCUT2D eigenvalue weighted by atomic mass is 10.5. The van der Waals surface area contributed by atoms with Crippen molar-refractivity contribution in [3.05, 3.63) is 18.5 Å². The number of ether oxygens (including phenoxy) is 3. The van der Waals surface area contributed by atoms with Crippen molar-refractivity contribution in [2.24, 2.45) is 0 Å². The number of esters is 1. The predicted molar refractivity (Wildman–Crippen MR) is 98.0 cm³/mol. The Morgan fingerprint density at radius 1 is 1.19 bits per heavy atom. The summed E-state index contributed by atoms with van der Waals surface area (Å²) in [5, 5.41) is 8.25. The fourth-order valence-corrected chi connectivity index (χ4v) is 2.70. The number of hydrogen-bond acceptors (Lipinski definition) is 9. The number of hydrogen-bond donors (Lipinski definition) is 2. The van der Waals surface area contributed by atoms with Gasteiger partial charge in [-0.1, -0.05) is 24.0 Å². The molecule has 0 aliphatic rings. The molecular formula is C14H20N4O6S2. The number of carbonyl (C=O) groups excluding carboxylic acids is 3. The molecule has 0 bridgehead atoms. The summed E-state index contributed by atoms with van der Waals surface area (Å²) >= 11 is 6.30. The average molecular weight is 404 g/mol. The third-order valence-electron chi connectivity index (χ3n) is 2.71. The molecular weight excluding hydrogens is 384 g/mol. The number of amides is 2.